The molecule has 1 aliphatic carbocycles. The summed E-state index contributed by atoms with van der Waals surface area (Å²) in [5.74, 6) is -0.992. The van der Waals surface area contributed by atoms with Crippen molar-refractivity contribution in [3.63, 3.8) is 0 Å². The average molecular weight is 528 g/mol. The number of carboxylic acid groups (broad SMARTS) is 1. The summed E-state index contributed by atoms with van der Waals surface area (Å²) in [6.07, 6.45) is 3.19. The minimum atomic E-state index is -3.84. The molecular weight excluding hydrogens is 498 g/mol. The van der Waals surface area contributed by atoms with Crippen molar-refractivity contribution in [1.29, 1.82) is 0 Å². The fraction of sp³-hybridized carbons (Fsp3) is 0.423. The maximum absolute atomic E-state index is 13.5. The predicted molar refractivity (Wildman–Crippen MR) is 138 cm³/mol. The van der Waals surface area contributed by atoms with E-state index in [0.717, 1.165) is 29.0 Å². The highest BCUT2D eigenvalue weighted by molar-refractivity contribution is 7.89. The molecule has 1 atom stereocenters. The zero-order chi connectivity index (χ0) is 25.4. The first kappa shape index (κ1) is 24.9. The number of sulfonamides is 1. The first-order valence-corrected chi connectivity index (χ1v) is 14.5. The quantitative estimate of drug-likeness (QED) is 0.503. The van der Waals surface area contributed by atoms with Crippen LogP contribution in [0.1, 0.15) is 52.7 Å². The van der Waals surface area contributed by atoms with Gasteiger partial charge in [-0.2, -0.15) is 4.31 Å². The molecule has 1 aliphatic heterocycles. The zero-order valence-electron chi connectivity index (χ0n) is 20.1. The lowest BCUT2D eigenvalue weighted by Crippen LogP contribution is -2.42. The molecule has 1 saturated heterocycles. The summed E-state index contributed by atoms with van der Waals surface area (Å²) in [5, 5.41) is 15.3. The summed E-state index contributed by atoms with van der Waals surface area (Å²) < 4.78 is 28.3. The SMILES string of the molecule is C[C@@H]1CCc2nc3ccc(S(=O)(=O)N4CCC(C(=O)NCc5cccs5)CC4)cc3c(C(=O)O)c2C1. The standard InChI is InChI=1S/C26H29N3O5S2/c1-16-4-6-22-20(13-16)24(26(31)32)21-14-19(5-7-23(21)28-22)36(33,34)29-10-8-17(9-11-29)25(30)27-15-18-3-2-12-35-18/h2-3,5,7,12,14,16-17H,4,6,8-11,13,15H2,1H3,(H,27,30)(H,31,32)/t16-/m1/s1. The molecule has 10 heteroatoms. The minimum absolute atomic E-state index is 0.0534. The third-order valence-electron chi connectivity index (χ3n) is 7.26. The van der Waals surface area contributed by atoms with Gasteiger partial charge in [0.05, 0.1) is 22.5 Å². The Bertz CT molecular complexity index is 1410. The van der Waals surface area contributed by atoms with Crippen molar-refractivity contribution in [1.82, 2.24) is 14.6 Å². The van der Waals surface area contributed by atoms with Crippen LogP contribution in [-0.4, -0.2) is 47.8 Å². The van der Waals surface area contributed by atoms with Crippen molar-refractivity contribution in [2.24, 2.45) is 11.8 Å². The van der Waals surface area contributed by atoms with E-state index >= 15 is 0 Å². The van der Waals surface area contributed by atoms with Gasteiger partial charge in [-0.15, -0.1) is 11.3 Å². The topological polar surface area (TPSA) is 117 Å². The fourth-order valence-electron chi connectivity index (χ4n) is 5.24. The van der Waals surface area contributed by atoms with E-state index in [2.05, 4.69) is 17.2 Å². The van der Waals surface area contributed by atoms with Crippen LogP contribution in [0.2, 0.25) is 0 Å². The van der Waals surface area contributed by atoms with Gasteiger partial charge in [-0.05, 0) is 73.2 Å². The molecule has 2 aromatic heterocycles. The highest BCUT2D eigenvalue weighted by Crippen LogP contribution is 2.33. The molecule has 0 spiro atoms. The molecule has 36 heavy (non-hydrogen) atoms. The van der Waals surface area contributed by atoms with Crippen molar-refractivity contribution < 1.29 is 23.1 Å². The first-order chi connectivity index (χ1) is 17.2. The molecule has 8 nitrogen and oxygen atoms in total. The molecule has 0 bridgehead atoms. The van der Waals surface area contributed by atoms with Gasteiger partial charge in [0.25, 0.3) is 0 Å². The Hall–Kier alpha value is -2.82. The number of nitrogens with zero attached hydrogens (tertiary/aromatic N) is 2. The van der Waals surface area contributed by atoms with Gasteiger partial charge < -0.3 is 10.4 Å². The summed E-state index contributed by atoms with van der Waals surface area (Å²) in [5.41, 5.74) is 2.19. The minimum Gasteiger partial charge on any atom is -0.478 e. The van der Waals surface area contributed by atoms with Crippen LogP contribution in [0.5, 0.6) is 0 Å². The van der Waals surface area contributed by atoms with Gasteiger partial charge in [0.15, 0.2) is 0 Å². The molecule has 1 fully saturated rings. The number of thiophene rings is 1. The molecule has 0 unspecified atom stereocenters. The number of benzene rings is 1. The van der Waals surface area contributed by atoms with Crippen molar-refractivity contribution in [3.05, 3.63) is 57.4 Å². The smallest absolute Gasteiger partial charge is 0.336 e. The van der Waals surface area contributed by atoms with Gasteiger partial charge in [-0.25, -0.2) is 13.2 Å². The highest BCUT2D eigenvalue weighted by atomic mass is 32.2. The number of aryl methyl sites for hydroxylation is 1. The maximum atomic E-state index is 13.5. The lowest BCUT2D eigenvalue weighted by molar-refractivity contribution is -0.126. The third kappa shape index (κ3) is 4.77. The molecule has 3 heterocycles. The number of carboxylic acids is 1. The lowest BCUT2D eigenvalue weighted by Gasteiger charge is -2.30. The van der Waals surface area contributed by atoms with Gasteiger partial charge in [-0.1, -0.05) is 13.0 Å². The molecule has 0 radical (unpaired) electrons. The Balaban J connectivity index is 1.35. The third-order valence-corrected chi connectivity index (χ3v) is 10.0. The predicted octanol–water partition coefficient (Wildman–Crippen LogP) is 3.84. The van der Waals surface area contributed by atoms with Crippen molar-refractivity contribution in [3.8, 4) is 0 Å². The second-order valence-electron chi connectivity index (χ2n) is 9.72. The number of nitrogens with one attached hydrogen (secondary N) is 1. The van der Waals surface area contributed by atoms with E-state index in [1.54, 1.807) is 17.4 Å². The second-order valence-corrected chi connectivity index (χ2v) is 12.7. The Morgan fingerprint density at radius 3 is 2.67 bits per heavy atom. The normalized spacial score (nSPS) is 19.2. The van der Waals surface area contributed by atoms with Crippen molar-refractivity contribution in [2.45, 2.75) is 50.5 Å². The highest BCUT2D eigenvalue weighted by Gasteiger charge is 2.33. The number of aromatic carboxylic acids is 1. The number of fused-ring (bicyclic) bond motifs is 2. The van der Waals surface area contributed by atoms with Crippen LogP contribution < -0.4 is 5.32 Å². The molecule has 3 aromatic rings. The van der Waals surface area contributed by atoms with Gasteiger partial charge in [0, 0.05) is 35.0 Å². The van der Waals surface area contributed by atoms with E-state index in [1.807, 2.05) is 17.5 Å². The van der Waals surface area contributed by atoms with Gasteiger partial charge in [-0.3, -0.25) is 9.78 Å². The maximum Gasteiger partial charge on any atom is 0.336 e. The van der Waals surface area contributed by atoms with Crippen LogP contribution in [0.15, 0.2) is 40.6 Å². The number of amides is 1. The average Bonchev–Trinajstić information content (AvgIpc) is 3.39. The first-order valence-electron chi connectivity index (χ1n) is 12.2. The van der Waals surface area contributed by atoms with E-state index in [9.17, 15) is 23.1 Å². The number of rotatable bonds is 6. The molecule has 2 N–H and O–H groups in total. The largest absolute Gasteiger partial charge is 0.478 e. The summed E-state index contributed by atoms with van der Waals surface area (Å²) in [6.45, 7) is 3.05. The zero-order valence-corrected chi connectivity index (χ0v) is 21.7. The van der Waals surface area contributed by atoms with Crippen molar-refractivity contribution >= 4 is 44.1 Å². The molecule has 190 valence electrons. The van der Waals surface area contributed by atoms with Gasteiger partial charge in [0.1, 0.15) is 0 Å². The molecule has 0 saturated carbocycles. The Labute approximate surface area is 214 Å². The molecular formula is C26H29N3O5S2. The second kappa shape index (κ2) is 9.91. The molecule has 2 aliphatic rings. The summed E-state index contributed by atoms with van der Waals surface area (Å²) in [6, 6.07) is 8.48. The van der Waals surface area contributed by atoms with Crippen LogP contribution >= 0.6 is 11.3 Å². The lowest BCUT2D eigenvalue weighted by atomic mass is 9.84. The van der Waals surface area contributed by atoms with E-state index in [-0.39, 0.29) is 35.4 Å². The number of carbonyl (C=O) groups is 2. The van der Waals surface area contributed by atoms with Gasteiger partial charge in [0.2, 0.25) is 15.9 Å². The fourth-order valence-corrected chi connectivity index (χ4v) is 7.38. The summed E-state index contributed by atoms with van der Waals surface area (Å²) >= 11 is 1.58. The van der Waals surface area contributed by atoms with Crippen LogP contribution in [-0.2, 0) is 34.2 Å². The van der Waals surface area contributed by atoms with Crippen LogP contribution in [0.4, 0.5) is 0 Å². The van der Waals surface area contributed by atoms with E-state index < -0.39 is 16.0 Å². The van der Waals surface area contributed by atoms with E-state index in [4.69, 9.17) is 0 Å². The number of carbonyl (C=O) groups excluding carboxylic acids is 1. The van der Waals surface area contributed by atoms with E-state index in [0.29, 0.717) is 42.6 Å². The number of pyridine rings is 1. The number of hydrogen-bond acceptors (Lipinski definition) is 6. The number of piperidine rings is 1. The molecule has 1 aromatic carbocycles. The Morgan fingerprint density at radius 2 is 1.97 bits per heavy atom. The van der Waals surface area contributed by atoms with Gasteiger partial charge >= 0.3 is 5.97 Å². The number of aromatic nitrogens is 1. The van der Waals surface area contributed by atoms with Crippen LogP contribution in [0.25, 0.3) is 10.9 Å². The monoisotopic (exact) mass is 527 g/mol. The summed E-state index contributed by atoms with van der Waals surface area (Å²) in [4.78, 5) is 30.6. The Kier molecular flexibility index (Phi) is 6.84. The summed E-state index contributed by atoms with van der Waals surface area (Å²) in [7, 11) is -3.84. The molecule has 1 amide bonds. The molecule has 5 rings (SSSR count). The van der Waals surface area contributed by atoms with E-state index in [1.165, 1.54) is 16.4 Å². The van der Waals surface area contributed by atoms with Crippen LogP contribution in [0, 0.1) is 11.8 Å². The van der Waals surface area contributed by atoms with Crippen LogP contribution in [0.3, 0.4) is 0 Å². The number of hydrogen-bond donors (Lipinski definition) is 2. The van der Waals surface area contributed by atoms with Crippen molar-refractivity contribution in [2.75, 3.05) is 13.1 Å². The Morgan fingerprint density at radius 1 is 1.19 bits per heavy atom.